The van der Waals surface area contributed by atoms with Crippen LogP contribution in [0.1, 0.15) is 6.42 Å². The van der Waals surface area contributed by atoms with Gasteiger partial charge in [0.25, 0.3) is 0 Å². The molecule has 25 heavy (non-hydrogen) atoms. The van der Waals surface area contributed by atoms with E-state index in [1.54, 1.807) is 37.4 Å². The van der Waals surface area contributed by atoms with E-state index in [9.17, 15) is 4.79 Å². The summed E-state index contributed by atoms with van der Waals surface area (Å²) in [5, 5.41) is 2.85. The van der Waals surface area contributed by atoms with E-state index in [4.69, 9.17) is 9.15 Å². The Morgan fingerprint density at radius 1 is 1.32 bits per heavy atom. The van der Waals surface area contributed by atoms with Crippen LogP contribution in [-0.4, -0.2) is 48.2 Å². The Hall–Kier alpha value is -2.93. The van der Waals surface area contributed by atoms with E-state index in [-0.39, 0.29) is 6.03 Å². The number of nitrogens with one attached hydrogen (secondary N) is 1. The fraction of sp³-hybridized carbons (Fsp3) is 0.278. The van der Waals surface area contributed by atoms with Crippen molar-refractivity contribution in [1.29, 1.82) is 0 Å². The smallest absolute Gasteiger partial charge is 0.321 e. The quantitative estimate of drug-likeness (QED) is 0.696. The lowest BCUT2D eigenvalue weighted by molar-refractivity contribution is 0.179. The number of aromatic nitrogens is 2. The van der Waals surface area contributed by atoms with Crippen LogP contribution >= 0.6 is 0 Å². The minimum Gasteiger partial charge on any atom is -0.435 e. The summed E-state index contributed by atoms with van der Waals surface area (Å²) in [5.41, 5.74) is 2.63. The first-order valence-electron chi connectivity index (χ1n) is 8.00. The first kappa shape index (κ1) is 16.9. The number of oxazole rings is 1. The van der Waals surface area contributed by atoms with E-state index in [1.807, 2.05) is 24.3 Å². The maximum absolute atomic E-state index is 12.2. The van der Waals surface area contributed by atoms with Crippen LogP contribution in [0.15, 0.2) is 47.0 Å². The lowest BCUT2D eigenvalue weighted by Crippen LogP contribution is -2.32. The minimum atomic E-state index is -0.181. The molecule has 7 nitrogen and oxygen atoms in total. The molecule has 1 N–H and O–H groups in total. The van der Waals surface area contributed by atoms with Gasteiger partial charge in [0.1, 0.15) is 11.2 Å². The minimum absolute atomic E-state index is 0.181. The molecule has 0 radical (unpaired) electrons. The highest BCUT2D eigenvalue weighted by molar-refractivity contribution is 5.91. The Morgan fingerprint density at radius 2 is 2.20 bits per heavy atom. The van der Waals surface area contributed by atoms with E-state index in [0.29, 0.717) is 41.5 Å². The molecule has 2 amide bonds. The second-order valence-electron chi connectivity index (χ2n) is 5.61. The second kappa shape index (κ2) is 7.76. The summed E-state index contributed by atoms with van der Waals surface area (Å²) in [4.78, 5) is 22.5. The topological polar surface area (TPSA) is 80.5 Å². The molecule has 0 spiro atoms. The summed E-state index contributed by atoms with van der Waals surface area (Å²) in [5.74, 6) is 0.454. The van der Waals surface area contributed by atoms with Gasteiger partial charge in [-0.15, -0.1) is 0 Å². The van der Waals surface area contributed by atoms with Gasteiger partial charge in [0.15, 0.2) is 5.58 Å². The predicted octanol–water partition coefficient (Wildman–Crippen LogP) is 3.39. The van der Waals surface area contributed by atoms with Gasteiger partial charge in [-0.05, 0) is 30.7 Å². The monoisotopic (exact) mass is 340 g/mol. The first-order chi connectivity index (χ1) is 12.2. The highest BCUT2D eigenvalue weighted by Crippen LogP contribution is 2.25. The molecule has 0 saturated heterocycles. The molecular formula is C18H20N4O3. The summed E-state index contributed by atoms with van der Waals surface area (Å²) in [6, 6.07) is 10.7. The van der Waals surface area contributed by atoms with Crippen molar-refractivity contribution in [2.24, 2.45) is 0 Å². The van der Waals surface area contributed by atoms with Gasteiger partial charge in [-0.3, -0.25) is 4.98 Å². The molecule has 0 unspecified atom stereocenters. The molecule has 2 heterocycles. The molecule has 2 aromatic heterocycles. The van der Waals surface area contributed by atoms with E-state index in [1.165, 1.54) is 0 Å². The molecule has 1 aromatic carbocycles. The molecule has 7 heteroatoms. The lowest BCUT2D eigenvalue weighted by atomic mass is 10.3. The molecule has 3 aromatic rings. The van der Waals surface area contributed by atoms with Gasteiger partial charge in [-0.25, -0.2) is 9.78 Å². The Kier molecular flexibility index (Phi) is 5.25. The number of pyridine rings is 1. The molecule has 0 aliphatic carbocycles. The summed E-state index contributed by atoms with van der Waals surface area (Å²) in [6.45, 7) is 1.24. The van der Waals surface area contributed by atoms with Gasteiger partial charge >= 0.3 is 6.03 Å². The van der Waals surface area contributed by atoms with E-state index < -0.39 is 0 Å². The maximum atomic E-state index is 12.2. The first-order valence-corrected chi connectivity index (χ1v) is 8.00. The van der Waals surface area contributed by atoms with Crippen LogP contribution in [0.3, 0.4) is 0 Å². The van der Waals surface area contributed by atoms with Crippen molar-refractivity contribution in [3.05, 3.63) is 42.6 Å². The fourth-order valence-electron chi connectivity index (χ4n) is 2.37. The van der Waals surface area contributed by atoms with Gasteiger partial charge in [-0.1, -0.05) is 6.07 Å². The number of carbonyl (C=O) groups excluding carboxylic acids is 1. The highest BCUT2D eigenvalue weighted by atomic mass is 16.5. The number of carbonyl (C=O) groups is 1. The number of urea groups is 1. The van der Waals surface area contributed by atoms with Crippen LogP contribution in [0.2, 0.25) is 0 Å². The summed E-state index contributed by atoms with van der Waals surface area (Å²) in [6.07, 6.45) is 2.48. The number of rotatable bonds is 6. The van der Waals surface area contributed by atoms with Gasteiger partial charge in [0, 0.05) is 45.3 Å². The van der Waals surface area contributed by atoms with Crippen molar-refractivity contribution in [3.8, 4) is 11.6 Å². The van der Waals surface area contributed by atoms with Crippen LogP contribution in [0.4, 0.5) is 10.5 Å². The zero-order valence-corrected chi connectivity index (χ0v) is 14.2. The number of hydrogen-bond donors (Lipinski definition) is 1. The highest BCUT2D eigenvalue weighted by Gasteiger charge is 2.12. The number of hydrogen-bond acceptors (Lipinski definition) is 5. The molecule has 0 aliphatic heterocycles. The van der Waals surface area contributed by atoms with Crippen LogP contribution in [-0.2, 0) is 4.74 Å². The van der Waals surface area contributed by atoms with Crippen molar-refractivity contribution in [2.75, 3.05) is 32.6 Å². The zero-order chi connectivity index (χ0) is 17.6. The van der Waals surface area contributed by atoms with Crippen LogP contribution < -0.4 is 5.32 Å². The summed E-state index contributed by atoms with van der Waals surface area (Å²) >= 11 is 0. The third kappa shape index (κ3) is 4.13. The number of methoxy groups -OCH3 is 1. The Morgan fingerprint density at radius 3 is 2.96 bits per heavy atom. The summed E-state index contributed by atoms with van der Waals surface area (Å²) < 4.78 is 10.8. The van der Waals surface area contributed by atoms with Gasteiger partial charge in [0.2, 0.25) is 5.89 Å². The molecule has 0 fully saturated rings. The lowest BCUT2D eigenvalue weighted by Gasteiger charge is -2.17. The average Bonchev–Trinajstić information content (AvgIpc) is 3.06. The number of ether oxygens (including phenoxy) is 1. The molecule has 0 atom stereocenters. The molecule has 0 bridgehead atoms. The fourth-order valence-corrected chi connectivity index (χ4v) is 2.37. The van der Waals surface area contributed by atoms with E-state index >= 15 is 0 Å². The van der Waals surface area contributed by atoms with E-state index in [2.05, 4.69) is 15.3 Å². The molecule has 3 rings (SSSR count). The number of anilines is 1. The van der Waals surface area contributed by atoms with Crippen molar-refractivity contribution < 1.29 is 13.9 Å². The van der Waals surface area contributed by atoms with Gasteiger partial charge in [-0.2, -0.15) is 0 Å². The average molecular weight is 340 g/mol. The Bertz CT molecular complexity index is 848. The largest absolute Gasteiger partial charge is 0.435 e. The van der Waals surface area contributed by atoms with Gasteiger partial charge in [0.05, 0.1) is 0 Å². The van der Waals surface area contributed by atoms with Crippen molar-refractivity contribution in [1.82, 2.24) is 14.9 Å². The molecule has 130 valence electrons. The zero-order valence-electron chi connectivity index (χ0n) is 14.2. The molecule has 0 saturated carbocycles. The Labute approximate surface area is 145 Å². The van der Waals surface area contributed by atoms with Crippen LogP contribution in [0.25, 0.3) is 22.7 Å². The van der Waals surface area contributed by atoms with Crippen LogP contribution in [0, 0.1) is 0 Å². The number of fused-ring (bicyclic) bond motifs is 1. The van der Waals surface area contributed by atoms with Crippen LogP contribution in [0.5, 0.6) is 0 Å². The van der Waals surface area contributed by atoms with Gasteiger partial charge < -0.3 is 19.4 Å². The second-order valence-corrected chi connectivity index (χ2v) is 5.61. The normalized spacial score (nSPS) is 10.8. The third-order valence-electron chi connectivity index (χ3n) is 3.71. The van der Waals surface area contributed by atoms with Crippen molar-refractivity contribution in [2.45, 2.75) is 6.42 Å². The third-order valence-corrected chi connectivity index (χ3v) is 3.71. The van der Waals surface area contributed by atoms with E-state index in [0.717, 1.165) is 6.42 Å². The molecule has 0 aliphatic rings. The SMILES string of the molecule is COCCCN(C)C(=O)Nc1ccc2nc(-c3ccccn3)oc2c1. The standard InChI is InChI=1S/C18H20N4O3/c1-22(10-5-11-24-2)18(23)20-13-7-8-14-16(12-13)25-17(21-14)15-6-3-4-9-19-15/h3-4,6-9,12H,5,10-11H2,1-2H3,(H,20,23). The number of benzene rings is 1. The predicted molar refractivity (Wildman–Crippen MR) is 95.4 cm³/mol. The maximum Gasteiger partial charge on any atom is 0.321 e. The Balaban J connectivity index is 1.72. The number of amides is 2. The number of nitrogens with zero attached hydrogens (tertiary/aromatic N) is 3. The van der Waals surface area contributed by atoms with Crippen molar-refractivity contribution in [3.63, 3.8) is 0 Å². The summed E-state index contributed by atoms with van der Waals surface area (Å²) in [7, 11) is 3.39. The van der Waals surface area contributed by atoms with Crippen molar-refractivity contribution >= 4 is 22.8 Å². The molecular weight excluding hydrogens is 320 g/mol.